The Morgan fingerprint density at radius 2 is 1.57 bits per heavy atom. The van der Waals surface area contributed by atoms with Crippen LogP contribution in [0, 0.1) is 17.3 Å². The fourth-order valence-corrected chi connectivity index (χ4v) is 10.7. The largest absolute Gasteiger partial charge is 0.459 e. The van der Waals surface area contributed by atoms with Crippen molar-refractivity contribution in [2.24, 2.45) is 22.2 Å². The first kappa shape index (κ1) is 20.5. The molecule has 0 amide bonds. The van der Waals surface area contributed by atoms with E-state index in [9.17, 15) is 4.79 Å². The van der Waals surface area contributed by atoms with Crippen LogP contribution in [0.5, 0.6) is 0 Å². The fraction of sp³-hybridized carbons (Fsp3) is 0.905. The molecular formula is C21H35NO5Si. The van der Waals surface area contributed by atoms with Crippen LogP contribution in [0.2, 0.25) is 10.1 Å². The van der Waals surface area contributed by atoms with Crippen LogP contribution in [0.4, 0.5) is 0 Å². The molecule has 0 spiro atoms. The van der Waals surface area contributed by atoms with E-state index in [-0.39, 0.29) is 57.8 Å². The van der Waals surface area contributed by atoms with Crippen LogP contribution in [-0.2, 0) is 23.1 Å². The molecule has 4 heterocycles. The minimum absolute atomic E-state index is 0.0901. The van der Waals surface area contributed by atoms with E-state index in [1.165, 1.54) is 0 Å². The Balaban J connectivity index is 1.71. The number of ether oxygens (including phenoxy) is 2. The number of esters is 1. The maximum absolute atomic E-state index is 12.9. The third-order valence-corrected chi connectivity index (χ3v) is 11.8. The summed E-state index contributed by atoms with van der Waals surface area (Å²) in [4.78, 5) is 17.7. The fourth-order valence-electron chi connectivity index (χ4n) is 5.71. The van der Waals surface area contributed by atoms with Crippen molar-refractivity contribution >= 4 is 20.2 Å². The monoisotopic (exact) mass is 409 g/mol. The molecular weight excluding hydrogens is 374 g/mol. The smallest absolute Gasteiger partial charge is 0.349 e. The molecule has 0 unspecified atom stereocenters. The van der Waals surface area contributed by atoms with Crippen LogP contribution in [-0.4, -0.2) is 51.4 Å². The second-order valence-corrected chi connectivity index (χ2v) is 16.6. The predicted octanol–water partition coefficient (Wildman–Crippen LogP) is 3.83. The molecule has 0 aromatic carbocycles. The van der Waals surface area contributed by atoms with E-state index in [0.717, 1.165) is 5.71 Å². The number of carbonyl (C=O) groups excluding carboxylic acids is 1. The van der Waals surface area contributed by atoms with Crippen molar-refractivity contribution in [3.8, 4) is 0 Å². The quantitative estimate of drug-likeness (QED) is 0.449. The van der Waals surface area contributed by atoms with Gasteiger partial charge in [-0.05, 0) is 0 Å². The topological polar surface area (TPSA) is 66.3 Å². The number of nitrogens with zero attached hydrogens (tertiary/aromatic N) is 1. The molecule has 0 aliphatic carbocycles. The zero-order valence-corrected chi connectivity index (χ0v) is 19.7. The van der Waals surface area contributed by atoms with Crippen molar-refractivity contribution in [2.45, 2.75) is 96.9 Å². The van der Waals surface area contributed by atoms with Crippen molar-refractivity contribution in [1.29, 1.82) is 0 Å². The summed E-state index contributed by atoms with van der Waals surface area (Å²) in [5, 5.41) is -0.254. The van der Waals surface area contributed by atoms with E-state index in [4.69, 9.17) is 23.3 Å². The molecule has 0 aromatic rings. The van der Waals surface area contributed by atoms with Gasteiger partial charge in [0.25, 0.3) is 0 Å². The first-order valence-electron chi connectivity index (χ1n) is 10.4. The lowest BCUT2D eigenvalue weighted by atomic mass is 9.76. The minimum Gasteiger partial charge on any atom is -0.459 e. The SMILES string of the molecule is CC(C)(C)C1=N[C@@H]2O[C@@H]3CO[Si](C(C)(C)C)(C(C)(C)C)O[C@H]3[C@@H]3OC(=O)[C@H]1[C@@H]32. The van der Waals surface area contributed by atoms with E-state index in [1.807, 2.05) is 0 Å². The Bertz CT molecular complexity index is 700. The highest BCUT2D eigenvalue weighted by Gasteiger charge is 2.69. The number of fused-ring (bicyclic) bond motifs is 2. The summed E-state index contributed by atoms with van der Waals surface area (Å²) in [6.45, 7) is 19.9. The first-order valence-corrected chi connectivity index (χ1v) is 12.2. The summed E-state index contributed by atoms with van der Waals surface area (Å²) in [6.07, 6.45) is -1.21. The molecule has 4 rings (SSSR count). The first-order chi connectivity index (χ1) is 12.7. The molecule has 6 nitrogen and oxygen atoms in total. The Hall–Kier alpha value is -0.763. The maximum atomic E-state index is 12.9. The van der Waals surface area contributed by atoms with Gasteiger partial charge in [-0.1, -0.05) is 62.3 Å². The number of hydrogen-bond donors (Lipinski definition) is 0. The molecule has 4 aliphatic heterocycles. The summed E-state index contributed by atoms with van der Waals surface area (Å²) in [5.41, 5.74) is 0.696. The molecule has 0 radical (unpaired) electrons. The van der Waals surface area contributed by atoms with Gasteiger partial charge in [0.1, 0.15) is 24.2 Å². The minimum atomic E-state index is -2.66. The zero-order valence-electron chi connectivity index (χ0n) is 18.7. The van der Waals surface area contributed by atoms with E-state index in [2.05, 4.69) is 62.3 Å². The molecule has 0 saturated carbocycles. The molecule has 3 fully saturated rings. The van der Waals surface area contributed by atoms with E-state index < -0.39 is 8.56 Å². The highest BCUT2D eigenvalue weighted by molar-refractivity contribution is 6.73. The molecule has 4 aliphatic rings. The molecule has 6 atom stereocenters. The summed E-state index contributed by atoms with van der Waals surface area (Å²) >= 11 is 0. The van der Waals surface area contributed by atoms with E-state index >= 15 is 0 Å². The van der Waals surface area contributed by atoms with Crippen molar-refractivity contribution in [3.63, 3.8) is 0 Å². The second kappa shape index (κ2) is 5.90. The van der Waals surface area contributed by atoms with Gasteiger partial charge >= 0.3 is 14.5 Å². The lowest BCUT2D eigenvalue weighted by Gasteiger charge is -2.56. The Kier molecular flexibility index (Phi) is 4.32. The third kappa shape index (κ3) is 2.69. The van der Waals surface area contributed by atoms with E-state index in [0.29, 0.717) is 6.61 Å². The third-order valence-electron chi connectivity index (χ3n) is 6.66. The summed E-state index contributed by atoms with van der Waals surface area (Å²) < 4.78 is 25.7. The highest BCUT2D eigenvalue weighted by atomic mass is 28.4. The lowest BCUT2D eigenvalue weighted by Crippen LogP contribution is -2.69. The molecule has 7 heteroatoms. The molecule has 3 saturated heterocycles. The second-order valence-electron chi connectivity index (χ2n) is 11.8. The number of carbonyl (C=O) groups is 1. The number of rotatable bonds is 0. The van der Waals surface area contributed by atoms with Crippen LogP contribution < -0.4 is 0 Å². The van der Waals surface area contributed by atoms with Gasteiger partial charge in [-0.15, -0.1) is 0 Å². The van der Waals surface area contributed by atoms with Crippen molar-refractivity contribution in [3.05, 3.63) is 0 Å². The normalized spacial score (nSPS) is 39.9. The summed E-state index contributed by atoms with van der Waals surface area (Å²) in [5.74, 6) is -0.584. The van der Waals surface area contributed by atoms with Gasteiger partial charge in [-0.25, -0.2) is 0 Å². The average Bonchev–Trinajstić information content (AvgIpc) is 3.06. The zero-order chi connectivity index (χ0) is 20.9. The van der Waals surface area contributed by atoms with Gasteiger partial charge in [0, 0.05) is 21.2 Å². The molecule has 0 aromatic heterocycles. The van der Waals surface area contributed by atoms with Gasteiger partial charge in [-0.2, -0.15) is 0 Å². The van der Waals surface area contributed by atoms with E-state index in [1.54, 1.807) is 0 Å². The van der Waals surface area contributed by atoms with Gasteiger partial charge < -0.3 is 18.3 Å². The van der Waals surface area contributed by atoms with Gasteiger partial charge in [0.05, 0.1) is 12.5 Å². The predicted molar refractivity (Wildman–Crippen MR) is 108 cm³/mol. The van der Waals surface area contributed by atoms with Crippen molar-refractivity contribution < 1.29 is 23.1 Å². The van der Waals surface area contributed by atoms with Crippen molar-refractivity contribution in [2.75, 3.05) is 6.61 Å². The van der Waals surface area contributed by atoms with Crippen molar-refractivity contribution in [1.82, 2.24) is 0 Å². The molecule has 0 N–H and O–H groups in total. The maximum Gasteiger partial charge on any atom is 0.349 e. The Morgan fingerprint density at radius 3 is 2.11 bits per heavy atom. The standard InChI is InChI=1S/C21H35NO5Si/c1-19(2,3)16-13-12-15(26-18(13)23)14-11(25-17(12)22-16)10-24-28(27-14,20(4,5)6)21(7,8)9/h11-15,17H,10H2,1-9H3/t11-,12+,13+,14-,15-,17-/m1/s1. The number of aliphatic imine (C=N–C) groups is 1. The van der Waals surface area contributed by atoms with Gasteiger partial charge in [0.2, 0.25) is 0 Å². The van der Waals surface area contributed by atoms with Crippen LogP contribution in [0.25, 0.3) is 0 Å². The van der Waals surface area contributed by atoms with Crippen LogP contribution in [0.15, 0.2) is 4.99 Å². The summed E-state index contributed by atoms with van der Waals surface area (Å²) in [6, 6.07) is 0. The summed E-state index contributed by atoms with van der Waals surface area (Å²) in [7, 11) is -2.66. The van der Waals surface area contributed by atoms with Gasteiger partial charge in [0.15, 0.2) is 6.23 Å². The van der Waals surface area contributed by atoms with Crippen LogP contribution in [0.3, 0.4) is 0 Å². The average molecular weight is 410 g/mol. The lowest BCUT2D eigenvalue weighted by molar-refractivity contribution is -0.214. The Morgan fingerprint density at radius 1 is 0.964 bits per heavy atom. The van der Waals surface area contributed by atoms with Gasteiger partial charge in [-0.3, -0.25) is 9.79 Å². The van der Waals surface area contributed by atoms with Crippen LogP contribution in [0.1, 0.15) is 62.3 Å². The molecule has 158 valence electrons. The molecule has 0 bridgehead atoms. The Labute approximate surface area is 169 Å². The number of hydrogen-bond acceptors (Lipinski definition) is 6. The molecule has 28 heavy (non-hydrogen) atoms. The highest BCUT2D eigenvalue weighted by Crippen LogP contribution is 2.57. The van der Waals surface area contributed by atoms with Crippen LogP contribution >= 0.6 is 0 Å².